The van der Waals surface area contributed by atoms with E-state index in [-0.39, 0.29) is 12.5 Å². The van der Waals surface area contributed by atoms with Gasteiger partial charge in [-0.1, -0.05) is 6.92 Å². The molecule has 122 valence electrons. The normalized spacial score (nSPS) is 29.1. The molecule has 0 aromatic heterocycles. The van der Waals surface area contributed by atoms with Gasteiger partial charge in [0.1, 0.15) is 0 Å². The van der Waals surface area contributed by atoms with Gasteiger partial charge < -0.3 is 9.80 Å². The maximum Gasteiger partial charge on any atom is 0.390 e. The van der Waals surface area contributed by atoms with Crippen molar-refractivity contribution in [2.75, 3.05) is 45.8 Å². The maximum absolute atomic E-state index is 12.3. The molecular weight excluding hydrogens is 283 g/mol. The van der Waals surface area contributed by atoms with Gasteiger partial charge in [0.05, 0.1) is 6.42 Å². The van der Waals surface area contributed by atoms with Crippen molar-refractivity contribution in [1.29, 1.82) is 0 Å². The second kappa shape index (κ2) is 6.52. The van der Waals surface area contributed by atoms with Crippen LogP contribution < -0.4 is 0 Å². The third kappa shape index (κ3) is 4.57. The van der Waals surface area contributed by atoms with Crippen LogP contribution in [0, 0.1) is 5.92 Å². The van der Waals surface area contributed by atoms with E-state index in [1.807, 2.05) is 9.80 Å². The van der Waals surface area contributed by atoms with Crippen LogP contribution in [0.5, 0.6) is 0 Å². The van der Waals surface area contributed by atoms with Crippen LogP contribution in [0.1, 0.15) is 20.3 Å². The highest BCUT2D eigenvalue weighted by molar-refractivity contribution is 5.73. The lowest BCUT2D eigenvalue weighted by molar-refractivity contribution is -0.137. The molecule has 0 radical (unpaired) electrons. The summed E-state index contributed by atoms with van der Waals surface area (Å²) in [6, 6.07) is 0.312. The second-order valence-electron chi connectivity index (χ2n) is 6.21. The summed E-state index contributed by atoms with van der Waals surface area (Å²) in [6.07, 6.45) is -4.81. The minimum atomic E-state index is -4.07. The van der Waals surface area contributed by atoms with E-state index in [1.54, 1.807) is 6.92 Å². The van der Waals surface area contributed by atoms with Crippen molar-refractivity contribution in [3.63, 3.8) is 0 Å². The summed E-state index contributed by atoms with van der Waals surface area (Å²) in [4.78, 5) is 17.4. The average Bonchev–Trinajstić information content (AvgIpc) is 2.77. The van der Waals surface area contributed by atoms with Gasteiger partial charge in [0.25, 0.3) is 0 Å². The van der Waals surface area contributed by atoms with Gasteiger partial charge >= 0.3 is 6.18 Å². The van der Waals surface area contributed by atoms with Crippen molar-refractivity contribution >= 4 is 5.91 Å². The number of nitrogens with zero attached hydrogens (tertiary/aromatic N) is 3. The Balaban J connectivity index is 1.81. The molecule has 0 unspecified atom stereocenters. The summed E-state index contributed by atoms with van der Waals surface area (Å²) in [5.41, 5.74) is 0. The second-order valence-corrected chi connectivity index (χ2v) is 6.21. The van der Waals surface area contributed by atoms with E-state index in [1.165, 1.54) is 0 Å². The van der Waals surface area contributed by atoms with E-state index in [9.17, 15) is 18.0 Å². The van der Waals surface area contributed by atoms with Gasteiger partial charge in [-0.15, -0.1) is 0 Å². The van der Waals surface area contributed by atoms with E-state index >= 15 is 0 Å². The number of piperazine rings is 1. The summed E-state index contributed by atoms with van der Waals surface area (Å²) in [7, 11) is 0. The highest BCUT2D eigenvalue weighted by Gasteiger charge is 2.37. The molecule has 21 heavy (non-hydrogen) atoms. The number of halogens is 3. The largest absolute Gasteiger partial charge is 0.390 e. The summed E-state index contributed by atoms with van der Waals surface area (Å²) in [5.74, 6) is 0.475. The molecule has 0 N–H and O–H groups in total. The summed E-state index contributed by atoms with van der Waals surface area (Å²) in [6.45, 7) is 8.30. The number of carbonyl (C=O) groups excluding carboxylic acids is 1. The quantitative estimate of drug-likeness (QED) is 0.789. The van der Waals surface area contributed by atoms with Crippen molar-refractivity contribution < 1.29 is 18.0 Å². The minimum Gasteiger partial charge on any atom is -0.340 e. The molecule has 0 aliphatic carbocycles. The molecular formula is C14H24F3N3O. The molecule has 0 aromatic rings. The van der Waals surface area contributed by atoms with Crippen molar-refractivity contribution in [2.24, 2.45) is 5.92 Å². The monoisotopic (exact) mass is 307 g/mol. The van der Waals surface area contributed by atoms with Crippen LogP contribution in [-0.4, -0.2) is 78.6 Å². The molecule has 1 amide bonds. The summed E-state index contributed by atoms with van der Waals surface area (Å²) in [5, 5.41) is 0. The number of hydrogen-bond acceptors (Lipinski definition) is 3. The Morgan fingerprint density at radius 1 is 1.14 bits per heavy atom. The van der Waals surface area contributed by atoms with E-state index in [0.717, 1.165) is 32.7 Å². The van der Waals surface area contributed by atoms with Crippen molar-refractivity contribution in [1.82, 2.24) is 14.7 Å². The Morgan fingerprint density at radius 2 is 1.76 bits per heavy atom. The molecule has 2 saturated heterocycles. The van der Waals surface area contributed by atoms with Crippen LogP contribution in [0.15, 0.2) is 0 Å². The Kier molecular flexibility index (Phi) is 5.14. The highest BCUT2D eigenvalue weighted by Crippen LogP contribution is 2.26. The van der Waals surface area contributed by atoms with Gasteiger partial charge in [-0.3, -0.25) is 9.69 Å². The third-order valence-corrected chi connectivity index (χ3v) is 4.59. The Labute approximate surface area is 123 Å². The van der Waals surface area contributed by atoms with E-state index in [4.69, 9.17) is 0 Å². The van der Waals surface area contributed by atoms with Gasteiger partial charge in [-0.25, -0.2) is 0 Å². The van der Waals surface area contributed by atoms with Crippen LogP contribution in [0.25, 0.3) is 0 Å². The molecule has 0 spiro atoms. The molecule has 4 nitrogen and oxygen atoms in total. The van der Waals surface area contributed by atoms with Crippen molar-refractivity contribution in [3.05, 3.63) is 0 Å². The molecule has 0 aromatic carbocycles. The molecule has 0 bridgehead atoms. The molecule has 2 heterocycles. The molecule has 2 fully saturated rings. The lowest BCUT2D eigenvalue weighted by Crippen LogP contribution is -2.53. The number of carbonyl (C=O) groups is 1. The first kappa shape index (κ1) is 16.5. The van der Waals surface area contributed by atoms with Gasteiger partial charge in [0, 0.05) is 58.8 Å². The third-order valence-electron chi connectivity index (χ3n) is 4.59. The SMILES string of the molecule is CC(=O)N1CCN([C@H]2CN(CCC(F)(F)F)C[C@@H]2C)CC1. The first-order valence-electron chi connectivity index (χ1n) is 7.55. The van der Waals surface area contributed by atoms with Crippen molar-refractivity contribution in [2.45, 2.75) is 32.5 Å². The predicted octanol–water partition coefficient (Wildman–Crippen LogP) is 1.42. The molecule has 2 atom stereocenters. The minimum absolute atomic E-state index is 0.0950. The molecule has 0 saturated carbocycles. The number of amides is 1. The lowest BCUT2D eigenvalue weighted by atomic mass is 10.0. The van der Waals surface area contributed by atoms with Gasteiger partial charge in [0.15, 0.2) is 0 Å². The van der Waals surface area contributed by atoms with E-state index < -0.39 is 12.6 Å². The number of hydrogen-bond donors (Lipinski definition) is 0. The van der Waals surface area contributed by atoms with Crippen LogP contribution in [0.2, 0.25) is 0 Å². The average molecular weight is 307 g/mol. The summed E-state index contributed by atoms with van der Waals surface area (Å²) >= 11 is 0. The topological polar surface area (TPSA) is 26.8 Å². The zero-order valence-electron chi connectivity index (χ0n) is 12.7. The van der Waals surface area contributed by atoms with Gasteiger partial charge in [-0.05, 0) is 5.92 Å². The Morgan fingerprint density at radius 3 is 2.29 bits per heavy atom. The van der Waals surface area contributed by atoms with Gasteiger partial charge in [0.2, 0.25) is 5.91 Å². The highest BCUT2D eigenvalue weighted by atomic mass is 19.4. The number of alkyl halides is 3. The zero-order chi connectivity index (χ0) is 15.6. The predicted molar refractivity (Wildman–Crippen MR) is 73.9 cm³/mol. The zero-order valence-corrected chi connectivity index (χ0v) is 12.7. The molecule has 2 aliphatic rings. The van der Waals surface area contributed by atoms with Crippen LogP contribution in [-0.2, 0) is 4.79 Å². The fourth-order valence-electron chi connectivity index (χ4n) is 3.36. The molecule has 2 aliphatic heterocycles. The number of likely N-dealkylation sites (tertiary alicyclic amines) is 1. The standard InChI is InChI=1S/C14H24F3N3O/c1-11-9-18(4-3-14(15,16)17)10-13(11)20-7-5-19(6-8-20)12(2)21/h11,13H,3-10H2,1-2H3/t11-,13-/m0/s1. The van der Waals surface area contributed by atoms with Crippen LogP contribution >= 0.6 is 0 Å². The first-order chi connectivity index (χ1) is 9.76. The maximum atomic E-state index is 12.3. The lowest BCUT2D eigenvalue weighted by Gasteiger charge is -2.39. The Bertz CT molecular complexity index is 367. The van der Waals surface area contributed by atoms with Crippen LogP contribution in [0.3, 0.4) is 0 Å². The fraction of sp³-hybridized carbons (Fsp3) is 0.929. The summed E-state index contributed by atoms with van der Waals surface area (Å²) < 4.78 is 36.9. The molecule has 7 heteroatoms. The Hall–Kier alpha value is -0.820. The van der Waals surface area contributed by atoms with E-state index in [2.05, 4.69) is 11.8 Å². The fourth-order valence-corrected chi connectivity index (χ4v) is 3.36. The van der Waals surface area contributed by atoms with E-state index in [0.29, 0.717) is 18.5 Å². The van der Waals surface area contributed by atoms with Crippen LogP contribution in [0.4, 0.5) is 13.2 Å². The number of rotatable bonds is 3. The smallest absolute Gasteiger partial charge is 0.340 e. The molecule has 2 rings (SSSR count). The van der Waals surface area contributed by atoms with Crippen molar-refractivity contribution in [3.8, 4) is 0 Å². The van der Waals surface area contributed by atoms with Gasteiger partial charge in [-0.2, -0.15) is 13.2 Å². The first-order valence-corrected chi connectivity index (χ1v) is 7.55.